The van der Waals surface area contributed by atoms with Crippen LogP contribution in [-0.4, -0.2) is 19.7 Å². The van der Waals surface area contributed by atoms with E-state index in [0.29, 0.717) is 23.0 Å². The van der Waals surface area contributed by atoms with Crippen molar-refractivity contribution in [2.75, 3.05) is 0 Å². The molecule has 0 aliphatic carbocycles. The summed E-state index contributed by atoms with van der Waals surface area (Å²) in [6.07, 6.45) is 1.14. The predicted octanol–water partition coefficient (Wildman–Crippen LogP) is 0.877. The first-order chi connectivity index (χ1) is 7.61. The summed E-state index contributed by atoms with van der Waals surface area (Å²) in [5.74, 6) is 1.47. The van der Waals surface area contributed by atoms with Gasteiger partial charge < -0.3 is 5.73 Å². The molecule has 2 aromatic rings. The molecule has 0 radical (unpaired) electrons. The van der Waals surface area contributed by atoms with Crippen LogP contribution in [0.3, 0.4) is 0 Å². The lowest BCUT2D eigenvalue weighted by atomic mass is 10.2. The van der Waals surface area contributed by atoms with E-state index in [1.54, 1.807) is 11.6 Å². The van der Waals surface area contributed by atoms with Crippen LogP contribution in [0.25, 0.3) is 5.82 Å². The Hall–Kier alpha value is -1.82. The Morgan fingerprint density at radius 3 is 2.75 bits per heavy atom. The van der Waals surface area contributed by atoms with E-state index >= 15 is 0 Å². The highest BCUT2D eigenvalue weighted by Crippen LogP contribution is 2.13. The second-order valence-corrected chi connectivity index (χ2v) is 3.46. The smallest absolute Gasteiger partial charge is 0.160 e. The molecule has 2 N–H and O–H groups in total. The van der Waals surface area contributed by atoms with Crippen molar-refractivity contribution in [1.82, 2.24) is 19.7 Å². The molecule has 5 nitrogen and oxygen atoms in total. The maximum atomic E-state index is 13.0. The van der Waals surface area contributed by atoms with Gasteiger partial charge in [-0.1, -0.05) is 0 Å². The highest BCUT2D eigenvalue weighted by Gasteiger charge is 2.11. The van der Waals surface area contributed by atoms with E-state index in [2.05, 4.69) is 15.1 Å². The van der Waals surface area contributed by atoms with Crippen molar-refractivity contribution in [1.29, 1.82) is 0 Å². The normalized spacial score (nSPS) is 10.8. The number of aromatic nitrogens is 4. The zero-order valence-electron chi connectivity index (χ0n) is 9.11. The first kappa shape index (κ1) is 10.7. The Balaban J connectivity index is 2.59. The lowest BCUT2D eigenvalue weighted by Gasteiger charge is -2.07. The van der Waals surface area contributed by atoms with Gasteiger partial charge in [0.15, 0.2) is 5.82 Å². The molecule has 0 bridgehead atoms. The standard InChI is InChI=1S/C10H12FN5/c1-6-14-7(2)16(15-6)10-8(4-12)3-9(11)5-13-10/h3,5H,4,12H2,1-2H3. The molecule has 16 heavy (non-hydrogen) atoms. The van der Waals surface area contributed by atoms with Crippen molar-refractivity contribution in [2.45, 2.75) is 20.4 Å². The molecule has 2 rings (SSSR count). The number of halogens is 1. The van der Waals surface area contributed by atoms with Crippen molar-refractivity contribution >= 4 is 0 Å². The van der Waals surface area contributed by atoms with Crippen LogP contribution in [0.5, 0.6) is 0 Å². The van der Waals surface area contributed by atoms with Gasteiger partial charge in [-0.05, 0) is 19.9 Å². The zero-order chi connectivity index (χ0) is 11.7. The van der Waals surface area contributed by atoms with E-state index in [1.807, 2.05) is 6.92 Å². The van der Waals surface area contributed by atoms with Crippen LogP contribution in [0.1, 0.15) is 17.2 Å². The van der Waals surface area contributed by atoms with E-state index < -0.39 is 5.82 Å². The molecule has 0 aliphatic heterocycles. The van der Waals surface area contributed by atoms with Crippen LogP contribution in [0.15, 0.2) is 12.3 Å². The Bertz CT molecular complexity index is 520. The minimum atomic E-state index is -0.404. The summed E-state index contributed by atoms with van der Waals surface area (Å²) >= 11 is 0. The third-order valence-corrected chi connectivity index (χ3v) is 2.20. The van der Waals surface area contributed by atoms with E-state index in [1.165, 1.54) is 6.07 Å². The van der Waals surface area contributed by atoms with Gasteiger partial charge in [-0.3, -0.25) is 0 Å². The third kappa shape index (κ3) is 1.79. The molecule has 0 atom stereocenters. The Labute approximate surface area is 92.1 Å². The predicted molar refractivity (Wildman–Crippen MR) is 56.5 cm³/mol. The van der Waals surface area contributed by atoms with E-state index in [0.717, 1.165) is 6.20 Å². The number of hydrogen-bond donors (Lipinski definition) is 1. The molecule has 84 valence electrons. The molecule has 0 unspecified atom stereocenters. The minimum absolute atomic E-state index is 0.207. The molecule has 0 saturated heterocycles. The molecule has 0 spiro atoms. The summed E-state index contributed by atoms with van der Waals surface area (Å²) in [6.45, 7) is 3.80. The number of aryl methyl sites for hydroxylation is 2. The fourth-order valence-electron chi connectivity index (χ4n) is 1.54. The molecule has 0 aliphatic rings. The quantitative estimate of drug-likeness (QED) is 0.817. The fraction of sp³-hybridized carbons (Fsp3) is 0.300. The maximum absolute atomic E-state index is 13.0. The Kier molecular flexibility index (Phi) is 2.66. The second-order valence-electron chi connectivity index (χ2n) is 3.46. The first-order valence-corrected chi connectivity index (χ1v) is 4.87. The molecule has 2 heterocycles. The van der Waals surface area contributed by atoms with Crippen molar-refractivity contribution in [3.63, 3.8) is 0 Å². The molecular formula is C10H12FN5. The lowest BCUT2D eigenvalue weighted by Crippen LogP contribution is -2.10. The molecule has 0 aromatic carbocycles. The second kappa shape index (κ2) is 3.97. The SMILES string of the molecule is Cc1nc(C)n(-c2ncc(F)cc2CN)n1. The zero-order valence-corrected chi connectivity index (χ0v) is 9.11. The van der Waals surface area contributed by atoms with Gasteiger partial charge in [0.2, 0.25) is 0 Å². The van der Waals surface area contributed by atoms with Crippen LogP contribution in [0.2, 0.25) is 0 Å². The summed E-state index contributed by atoms with van der Waals surface area (Å²) in [7, 11) is 0. The highest BCUT2D eigenvalue weighted by molar-refractivity contribution is 5.33. The molecule has 0 amide bonds. The van der Waals surface area contributed by atoms with E-state index in [-0.39, 0.29) is 6.54 Å². The number of nitrogens with zero attached hydrogens (tertiary/aromatic N) is 4. The summed E-state index contributed by atoms with van der Waals surface area (Å²) in [4.78, 5) is 8.16. The van der Waals surface area contributed by atoms with Gasteiger partial charge in [0.25, 0.3) is 0 Å². The highest BCUT2D eigenvalue weighted by atomic mass is 19.1. The molecular weight excluding hydrogens is 209 g/mol. The number of hydrogen-bond acceptors (Lipinski definition) is 4. The molecule has 6 heteroatoms. The van der Waals surface area contributed by atoms with Crippen LogP contribution in [-0.2, 0) is 6.54 Å². The fourth-order valence-corrected chi connectivity index (χ4v) is 1.54. The van der Waals surface area contributed by atoms with E-state index in [4.69, 9.17) is 5.73 Å². The third-order valence-electron chi connectivity index (χ3n) is 2.20. The first-order valence-electron chi connectivity index (χ1n) is 4.87. The van der Waals surface area contributed by atoms with Gasteiger partial charge in [-0.25, -0.2) is 14.4 Å². The van der Waals surface area contributed by atoms with Gasteiger partial charge in [-0.15, -0.1) is 5.10 Å². The summed E-state index contributed by atoms with van der Waals surface area (Å²) in [5.41, 5.74) is 6.15. The van der Waals surface area contributed by atoms with Crippen LogP contribution < -0.4 is 5.73 Å². The van der Waals surface area contributed by atoms with Crippen LogP contribution in [0, 0.1) is 19.7 Å². The van der Waals surface area contributed by atoms with Crippen molar-refractivity contribution in [3.05, 3.63) is 35.3 Å². The largest absolute Gasteiger partial charge is 0.326 e. The van der Waals surface area contributed by atoms with Crippen LogP contribution in [0.4, 0.5) is 4.39 Å². The average Bonchev–Trinajstić information content (AvgIpc) is 2.57. The van der Waals surface area contributed by atoms with Crippen molar-refractivity contribution in [3.8, 4) is 5.82 Å². The maximum Gasteiger partial charge on any atom is 0.160 e. The van der Waals surface area contributed by atoms with Gasteiger partial charge in [-0.2, -0.15) is 4.68 Å². The van der Waals surface area contributed by atoms with Gasteiger partial charge in [0.1, 0.15) is 17.5 Å². The summed E-state index contributed by atoms with van der Waals surface area (Å²) < 4.78 is 14.6. The summed E-state index contributed by atoms with van der Waals surface area (Å²) in [6, 6.07) is 1.36. The van der Waals surface area contributed by atoms with Crippen molar-refractivity contribution in [2.24, 2.45) is 5.73 Å². The molecule has 2 aromatic heterocycles. The minimum Gasteiger partial charge on any atom is -0.326 e. The van der Waals surface area contributed by atoms with Gasteiger partial charge in [0, 0.05) is 12.1 Å². The van der Waals surface area contributed by atoms with Gasteiger partial charge >= 0.3 is 0 Å². The number of pyridine rings is 1. The average molecular weight is 221 g/mol. The molecule has 0 fully saturated rings. The Morgan fingerprint density at radius 1 is 1.44 bits per heavy atom. The lowest BCUT2D eigenvalue weighted by molar-refractivity contribution is 0.614. The summed E-state index contributed by atoms with van der Waals surface area (Å²) in [5, 5.41) is 4.18. The Morgan fingerprint density at radius 2 is 2.19 bits per heavy atom. The van der Waals surface area contributed by atoms with Gasteiger partial charge in [0.05, 0.1) is 6.20 Å². The monoisotopic (exact) mass is 221 g/mol. The van der Waals surface area contributed by atoms with E-state index in [9.17, 15) is 4.39 Å². The topological polar surface area (TPSA) is 69.6 Å². The number of rotatable bonds is 2. The number of nitrogens with two attached hydrogens (primary N) is 1. The van der Waals surface area contributed by atoms with Crippen LogP contribution >= 0.6 is 0 Å². The van der Waals surface area contributed by atoms with Crippen molar-refractivity contribution < 1.29 is 4.39 Å². The molecule has 0 saturated carbocycles.